The molecule has 0 aliphatic carbocycles. The summed E-state index contributed by atoms with van der Waals surface area (Å²) in [6, 6.07) is 7.78. The molecule has 2 aromatic rings. The van der Waals surface area contributed by atoms with Crippen molar-refractivity contribution in [2.24, 2.45) is 5.92 Å². The molecule has 1 heterocycles. The molecule has 5 nitrogen and oxygen atoms in total. The zero-order chi connectivity index (χ0) is 20.5. The standard InChI is InChI=1S/C22H31N3O2S/c1-5-6-7-18-8-10-19(11-9-18)21(27)25(13-12-16(2)3)15-20(26)24-22-23-14-17(4)28-22/h8-11,14,16H,5-7,12-13,15H2,1-4H3,(H,23,24,26). The monoisotopic (exact) mass is 401 g/mol. The van der Waals surface area contributed by atoms with Crippen LogP contribution in [0, 0.1) is 12.8 Å². The second-order valence-corrected chi connectivity index (χ2v) is 8.77. The highest BCUT2D eigenvalue weighted by molar-refractivity contribution is 7.15. The van der Waals surface area contributed by atoms with Gasteiger partial charge in [-0.25, -0.2) is 4.98 Å². The maximum absolute atomic E-state index is 13.0. The number of rotatable bonds is 10. The quantitative estimate of drug-likeness (QED) is 0.614. The Bertz CT molecular complexity index is 768. The Hall–Kier alpha value is -2.21. The van der Waals surface area contributed by atoms with Gasteiger partial charge in [0.05, 0.1) is 0 Å². The van der Waals surface area contributed by atoms with Crippen molar-refractivity contribution >= 4 is 28.3 Å². The molecule has 0 unspecified atom stereocenters. The molecule has 0 aliphatic heterocycles. The van der Waals surface area contributed by atoms with Crippen LogP contribution in [0.5, 0.6) is 0 Å². The van der Waals surface area contributed by atoms with Crippen molar-refractivity contribution in [3.8, 4) is 0 Å². The number of carbonyl (C=O) groups is 2. The van der Waals surface area contributed by atoms with Gasteiger partial charge < -0.3 is 10.2 Å². The molecule has 0 bridgehead atoms. The number of benzene rings is 1. The van der Waals surface area contributed by atoms with Gasteiger partial charge in [0.1, 0.15) is 6.54 Å². The second-order valence-electron chi connectivity index (χ2n) is 7.53. The lowest BCUT2D eigenvalue weighted by atomic mass is 10.1. The summed E-state index contributed by atoms with van der Waals surface area (Å²) in [7, 11) is 0. The summed E-state index contributed by atoms with van der Waals surface area (Å²) in [5, 5.41) is 3.36. The number of hydrogen-bond acceptors (Lipinski definition) is 4. The van der Waals surface area contributed by atoms with Gasteiger partial charge in [0.2, 0.25) is 5.91 Å². The highest BCUT2D eigenvalue weighted by Gasteiger charge is 2.20. The van der Waals surface area contributed by atoms with Crippen LogP contribution in [0.25, 0.3) is 0 Å². The van der Waals surface area contributed by atoms with E-state index in [1.165, 1.54) is 16.9 Å². The number of nitrogens with one attached hydrogen (secondary N) is 1. The van der Waals surface area contributed by atoms with Gasteiger partial charge in [0.25, 0.3) is 5.91 Å². The summed E-state index contributed by atoms with van der Waals surface area (Å²) in [4.78, 5) is 32.3. The third kappa shape index (κ3) is 7.08. The van der Waals surface area contributed by atoms with E-state index in [9.17, 15) is 9.59 Å². The van der Waals surface area contributed by atoms with Crippen LogP contribution in [0.3, 0.4) is 0 Å². The normalized spacial score (nSPS) is 10.9. The van der Waals surface area contributed by atoms with Crippen molar-refractivity contribution in [1.82, 2.24) is 9.88 Å². The lowest BCUT2D eigenvalue weighted by Gasteiger charge is -2.23. The highest BCUT2D eigenvalue weighted by Crippen LogP contribution is 2.17. The fourth-order valence-corrected chi connectivity index (χ4v) is 3.47. The molecule has 1 aromatic carbocycles. The minimum Gasteiger partial charge on any atom is -0.329 e. The third-order valence-corrected chi connectivity index (χ3v) is 5.31. The van der Waals surface area contributed by atoms with Gasteiger partial charge in [-0.05, 0) is 49.8 Å². The maximum Gasteiger partial charge on any atom is 0.254 e. The summed E-state index contributed by atoms with van der Waals surface area (Å²) < 4.78 is 0. The number of aryl methyl sites for hydroxylation is 2. The molecule has 0 saturated heterocycles. The fraction of sp³-hybridized carbons (Fsp3) is 0.500. The van der Waals surface area contributed by atoms with Crippen LogP contribution in [0.2, 0.25) is 0 Å². The van der Waals surface area contributed by atoms with Gasteiger partial charge in [-0.1, -0.05) is 39.3 Å². The van der Waals surface area contributed by atoms with Crippen molar-refractivity contribution < 1.29 is 9.59 Å². The predicted octanol–water partition coefficient (Wildman–Crippen LogP) is 4.92. The SMILES string of the molecule is CCCCc1ccc(C(=O)N(CCC(C)C)CC(=O)Nc2ncc(C)s2)cc1. The Morgan fingerprint density at radius 1 is 1.21 bits per heavy atom. The van der Waals surface area contributed by atoms with E-state index in [1.54, 1.807) is 11.1 Å². The first kappa shape index (κ1) is 22.1. The van der Waals surface area contributed by atoms with Crippen LogP contribution >= 0.6 is 11.3 Å². The lowest BCUT2D eigenvalue weighted by Crippen LogP contribution is -2.39. The molecule has 0 saturated carbocycles. The molecule has 2 amide bonds. The van der Waals surface area contributed by atoms with Crippen molar-refractivity contribution in [2.45, 2.75) is 53.4 Å². The van der Waals surface area contributed by atoms with Gasteiger partial charge in [-0.3, -0.25) is 9.59 Å². The van der Waals surface area contributed by atoms with E-state index in [-0.39, 0.29) is 18.4 Å². The summed E-state index contributed by atoms with van der Waals surface area (Å²) in [6.07, 6.45) is 5.89. The first-order valence-corrected chi connectivity index (χ1v) is 10.8. The molecule has 2 rings (SSSR count). The van der Waals surface area contributed by atoms with Crippen molar-refractivity contribution in [1.29, 1.82) is 0 Å². The van der Waals surface area contributed by atoms with E-state index in [0.29, 0.717) is 23.2 Å². The number of thiazole rings is 1. The molecule has 0 spiro atoms. The van der Waals surface area contributed by atoms with Crippen molar-refractivity contribution in [3.63, 3.8) is 0 Å². The van der Waals surface area contributed by atoms with E-state index in [1.807, 2.05) is 31.2 Å². The number of anilines is 1. The van der Waals surface area contributed by atoms with Gasteiger partial charge in [0, 0.05) is 23.2 Å². The maximum atomic E-state index is 13.0. The number of amides is 2. The summed E-state index contributed by atoms with van der Waals surface area (Å²) in [5.74, 6) is 0.135. The van der Waals surface area contributed by atoms with E-state index in [4.69, 9.17) is 0 Å². The number of hydrogen-bond donors (Lipinski definition) is 1. The second kappa shape index (κ2) is 11.0. The van der Waals surface area contributed by atoms with Gasteiger partial charge >= 0.3 is 0 Å². The molecule has 152 valence electrons. The number of aromatic nitrogens is 1. The van der Waals surface area contributed by atoms with E-state index < -0.39 is 0 Å². The average molecular weight is 402 g/mol. The molecule has 0 radical (unpaired) electrons. The predicted molar refractivity (Wildman–Crippen MR) is 116 cm³/mol. The van der Waals surface area contributed by atoms with Crippen LogP contribution in [-0.2, 0) is 11.2 Å². The summed E-state index contributed by atoms with van der Waals surface area (Å²) in [6.45, 7) is 8.92. The molecule has 0 aliphatic rings. The molecule has 28 heavy (non-hydrogen) atoms. The van der Waals surface area contributed by atoms with E-state index in [2.05, 4.69) is 31.1 Å². The van der Waals surface area contributed by atoms with Crippen molar-refractivity contribution in [2.75, 3.05) is 18.4 Å². The first-order valence-electron chi connectivity index (χ1n) is 9.99. The Labute approximate surface area is 172 Å². The molecule has 0 atom stereocenters. The zero-order valence-electron chi connectivity index (χ0n) is 17.3. The highest BCUT2D eigenvalue weighted by atomic mass is 32.1. The Morgan fingerprint density at radius 3 is 2.50 bits per heavy atom. The number of carbonyl (C=O) groups excluding carboxylic acids is 2. The van der Waals surface area contributed by atoms with Gasteiger partial charge in [-0.2, -0.15) is 0 Å². The minimum atomic E-state index is -0.217. The minimum absolute atomic E-state index is 0.0295. The third-order valence-electron chi connectivity index (χ3n) is 4.49. The number of nitrogens with zero attached hydrogens (tertiary/aromatic N) is 2. The molecule has 6 heteroatoms. The summed E-state index contributed by atoms with van der Waals surface area (Å²) >= 11 is 1.43. The molecule has 1 N–H and O–H groups in total. The topological polar surface area (TPSA) is 62.3 Å². The average Bonchev–Trinajstić information content (AvgIpc) is 3.07. The first-order chi connectivity index (χ1) is 13.4. The summed E-state index contributed by atoms with van der Waals surface area (Å²) in [5.41, 5.74) is 1.87. The van der Waals surface area contributed by atoms with Crippen LogP contribution in [-0.4, -0.2) is 34.8 Å². The zero-order valence-corrected chi connectivity index (χ0v) is 18.1. The van der Waals surface area contributed by atoms with Crippen LogP contribution in [0.15, 0.2) is 30.5 Å². The lowest BCUT2D eigenvalue weighted by molar-refractivity contribution is -0.116. The smallest absolute Gasteiger partial charge is 0.254 e. The van der Waals surface area contributed by atoms with E-state index in [0.717, 1.165) is 30.6 Å². The van der Waals surface area contributed by atoms with Crippen LogP contribution in [0.4, 0.5) is 5.13 Å². The van der Waals surface area contributed by atoms with Crippen molar-refractivity contribution in [3.05, 3.63) is 46.5 Å². The molecule has 0 fully saturated rings. The van der Waals surface area contributed by atoms with Gasteiger partial charge in [0.15, 0.2) is 5.13 Å². The molecular weight excluding hydrogens is 370 g/mol. The van der Waals surface area contributed by atoms with Crippen LogP contribution < -0.4 is 5.32 Å². The Kier molecular flexibility index (Phi) is 8.64. The molecular formula is C22H31N3O2S. The Morgan fingerprint density at radius 2 is 1.93 bits per heavy atom. The number of unbranched alkanes of at least 4 members (excludes halogenated alkanes) is 1. The van der Waals surface area contributed by atoms with Crippen LogP contribution in [0.1, 0.15) is 60.8 Å². The molecule has 1 aromatic heterocycles. The van der Waals surface area contributed by atoms with Gasteiger partial charge in [-0.15, -0.1) is 11.3 Å². The Balaban J connectivity index is 2.05. The largest absolute Gasteiger partial charge is 0.329 e. The fourth-order valence-electron chi connectivity index (χ4n) is 2.79. The van der Waals surface area contributed by atoms with E-state index >= 15 is 0 Å².